The highest BCUT2D eigenvalue weighted by atomic mass is 20.0. The van der Waals surface area contributed by atoms with Crippen molar-refractivity contribution in [2.24, 2.45) is 4.99 Å². The number of aryl methyl sites for hydroxylation is 2. The van der Waals surface area contributed by atoms with Crippen LogP contribution < -0.4 is 0 Å². The van der Waals surface area contributed by atoms with Crippen LogP contribution in [-0.2, 0) is 4.79 Å². The number of aliphatic imine (C=N–C) groups is 1. The van der Waals surface area contributed by atoms with Crippen molar-refractivity contribution in [2.45, 2.75) is 33.2 Å². The Hall–Kier alpha value is -4.72. The van der Waals surface area contributed by atoms with Gasteiger partial charge in [-0.3, -0.25) is 9.69 Å². The third-order valence-electron chi connectivity index (χ3n) is 6.29. The Morgan fingerprint density at radius 1 is 0.830 bits per heavy atom. The number of carbonyl (C=O) groups is 1. The van der Waals surface area contributed by atoms with Gasteiger partial charge in [-0.25, -0.2) is 14.4 Å². The molecule has 0 unspecified atom stereocenters. The van der Waals surface area contributed by atoms with Crippen LogP contribution in [0.5, 0.6) is 0 Å². The minimum atomic E-state index is -0.281. The Morgan fingerprint density at radius 3 is 1.85 bits per heavy atom. The highest BCUT2D eigenvalue weighted by Crippen LogP contribution is 2.35. The van der Waals surface area contributed by atoms with Crippen molar-refractivity contribution in [1.29, 1.82) is 0 Å². The zero-order valence-corrected chi connectivity index (χ0v) is 24.3. The zero-order chi connectivity index (χ0) is 37.1. The molecule has 266 valence electrons. The summed E-state index contributed by atoms with van der Waals surface area (Å²) >= 11 is 0. The van der Waals surface area contributed by atoms with Gasteiger partial charge in [0.2, 0.25) is 5.96 Å². The quantitative estimate of drug-likeness (QED) is 0.200. The normalized spacial score (nSPS) is 14.4. The van der Waals surface area contributed by atoms with Gasteiger partial charge >= 0.3 is 0 Å². The zero-order valence-electron chi connectivity index (χ0n) is 24.3. The summed E-state index contributed by atoms with van der Waals surface area (Å²) in [5.41, 5.74) is 5.35. The Balaban J connectivity index is -0.00000123. The molecule has 3 aromatic rings. The van der Waals surface area contributed by atoms with Gasteiger partial charge in [-0.1, -0.05) is 18.2 Å². The number of hydrogen-bond donors (Lipinski definition) is 0. The van der Waals surface area contributed by atoms with Crippen molar-refractivity contribution in [3.8, 4) is 5.69 Å². The molecular formula is C26H26F15N5O. The number of rotatable bonds is 4. The van der Waals surface area contributed by atoms with E-state index in [1.807, 2.05) is 42.8 Å². The molecular weight excluding hydrogens is 683 g/mol. The number of benzene rings is 2. The average Bonchev–Trinajstić information content (AvgIpc) is 3.73. The smallest absolute Gasteiger partial charge is 0.279 e. The molecule has 0 radical (unpaired) electrons. The second-order valence-corrected chi connectivity index (χ2v) is 8.52. The van der Waals surface area contributed by atoms with E-state index >= 15 is 0 Å². The molecule has 1 atom stereocenters. The summed E-state index contributed by atoms with van der Waals surface area (Å²) in [5, 5.41) is 0. The summed E-state index contributed by atoms with van der Waals surface area (Å²) < 4.78 is 127. The number of nitrogens with zero attached hydrogens (tertiary/aromatic N) is 5. The second-order valence-electron chi connectivity index (χ2n) is 8.52. The number of fused-ring (bicyclic) bond motifs is 1. The van der Waals surface area contributed by atoms with Crippen LogP contribution in [0.25, 0.3) is 11.8 Å². The van der Waals surface area contributed by atoms with E-state index in [4.69, 9.17) is 69.0 Å². The molecule has 47 heavy (non-hydrogen) atoms. The van der Waals surface area contributed by atoms with E-state index in [0.29, 0.717) is 11.7 Å². The van der Waals surface area contributed by atoms with Gasteiger partial charge in [0.25, 0.3) is 5.91 Å². The molecule has 0 aliphatic carbocycles. The SMILES string of the molecule is CCN1CC[C@@H](c2ccc(F)cc2)N2C(=O)/C(=C/c3ccc(-n4cnc(C)c4)c(C)c3)N=C12.FF.FF.FF.FF.FF.FF.FF. The number of amides is 1. The minimum absolute atomic E-state index is 0.121. The van der Waals surface area contributed by atoms with Crippen LogP contribution in [0.15, 0.2) is 65.7 Å². The van der Waals surface area contributed by atoms with E-state index in [9.17, 15) is 9.18 Å². The van der Waals surface area contributed by atoms with Crippen molar-refractivity contribution in [3.05, 3.63) is 88.9 Å². The first-order valence-corrected chi connectivity index (χ1v) is 12.2. The van der Waals surface area contributed by atoms with Gasteiger partial charge in [0.05, 0.1) is 18.1 Å². The van der Waals surface area contributed by atoms with Crippen LogP contribution in [-0.4, -0.2) is 44.3 Å². The summed E-state index contributed by atoms with van der Waals surface area (Å²) in [5.74, 6) is 0.276. The predicted molar refractivity (Wildman–Crippen MR) is 142 cm³/mol. The molecule has 3 heterocycles. The minimum Gasteiger partial charge on any atom is -0.342 e. The maximum Gasteiger partial charge on any atom is 0.279 e. The third kappa shape index (κ3) is 12.9. The summed E-state index contributed by atoms with van der Waals surface area (Å²) in [4.78, 5) is 26.4. The Morgan fingerprint density at radius 2 is 1.38 bits per heavy atom. The standard InChI is InChI=1S/C26H26FN5O.7F2/c1-4-30-12-11-24(20-6-8-21(27)9-7-20)32-25(33)22(29-26(30)32)14-19-5-10-23(17(2)13-19)31-15-18(3)28-16-31;7*1-2/h5-10,13-16,24H,4,11-12H2,1-3H3;;;;;;;/b22-14-;;;;;;;/t24-;;;;;;;/m0......./s1. The van der Waals surface area contributed by atoms with E-state index in [0.717, 1.165) is 47.6 Å². The van der Waals surface area contributed by atoms with E-state index in [-0.39, 0.29) is 17.8 Å². The van der Waals surface area contributed by atoms with Crippen molar-refractivity contribution in [1.82, 2.24) is 19.4 Å². The van der Waals surface area contributed by atoms with Gasteiger partial charge in [0, 0.05) is 89.0 Å². The van der Waals surface area contributed by atoms with Crippen LogP contribution in [0.2, 0.25) is 0 Å². The molecule has 2 aliphatic heterocycles. The van der Waals surface area contributed by atoms with Gasteiger partial charge in [-0.2, -0.15) is 0 Å². The van der Waals surface area contributed by atoms with Crippen molar-refractivity contribution >= 4 is 17.9 Å². The highest BCUT2D eigenvalue weighted by Gasteiger charge is 2.41. The summed E-state index contributed by atoms with van der Waals surface area (Å²) in [6.45, 7) is 7.63. The predicted octanol–water partition coefficient (Wildman–Crippen LogP) is 10.5. The lowest BCUT2D eigenvalue weighted by Gasteiger charge is -2.40. The van der Waals surface area contributed by atoms with E-state index in [2.05, 4.69) is 22.9 Å². The van der Waals surface area contributed by atoms with Gasteiger partial charge in [-0.15, -0.1) is 0 Å². The molecule has 2 aliphatic rings. The Labute approximate surface area is 257 Å². The van der Waals surface area contributed by atoms with E-state index in [1.54, 1.807) is 23.4 Å². The largest absolute Gasteiger partial charge is 0.342 e. The first-order chi connectivity index (χ1) is 22.9. The van der Waals surface area contributed by atoms with Crippen LogP contribution in [0.4, 0.5) is 68.4 Å². The fraction of sp³-hybridized carbons (Fsp3) is 0.269. The number of aromatic nitrogens is 2. The molecule has 1 saturated heterocycles. The topological polar surface area (TPSA) is 53.7 Å². The van der Waals surface area contributed by atoms with Crippen LogP contribution in [0.3, 0.4) is 0 Å². The second kappa shape index (κ2) is 27.6. The number of hydrogen-bond acceptors (Lipinski definition) is 4. The molecule has 0 N–H and O–H groups in total. The molecule has 1 aromatic heterocycles. The monoisotopic (exact) mass is 709 g/mol. The molecule has 1 fully saturated rings. The fourth-order valence-electron chi connectivity index (χ4n) is 4.60. The summed E-state index contributed by atoms with van der Waals surface area (Å²) in [7, 11) is 0. The molecule has 0 saturated carbocycles. The molecule has 0 bridgehead atoms. The van der Waals surface area contributed by atoms with Gasteiger partial charge in [-0.05, 0) is 74.2 Å². The number of imidazole rings is 1. The van der Waals surface area contributed by atoms with Gasteiger partial charge in [0.1, 0.15) is 11.5 Å². The fourth-order valence-corrected chi connectivity index (χ4v) is 4.60. The third-order valence-corrected chi connectivity index (χ3v) is 6.29. The molecule has 6 nitrogen and oxygen atoms in total. The molecule has 21 heteroatoms. The van der Waals surface area contributed by atoms with Crippen molar-refractivity contribution < 1.29 is 73.2 Å². The van der Waals surface area contributed by atoms with Gasteiger partial charge < -0.3 is 9.47 Å². The Kier molecular flexibility index (Phi) is 27.4. The van der Waals surface area contributed by atoms with Crippen molar-refractivity contribution in [3.63, 3.8) is 0 Å². The lowest BCUT2D eigenvalue weighted by atomic mass is 9.99. The van der Waals surface area contributed by atoms with E-state index in [1.165, 1.54) is 12.1 Å². The van der Waals surface area contributed by atoms with Crippen molar-refractivity contribution in [2.75, 3.05) is 13.1 Å². The number of carbonyl (C=O) groups excluding carboxylic acids is 1. The lowest BCUT2D eigenvalue weighted by Crippen LogP contribution is -2.51. The maximum atomic E-state index is 13.5. The lowest BCUT2D eigenvalue weighted by molar-refractivity contribution is -0.125. The average molecular weight is 709 g/mol. The summed E-state index contributed by atoms with van der Waals surface area (Å²) in [6.07, 6.45) is 6.41. The molecule has 0 spiro atoms. The van der Waals surface area contributed by atoms with Crippen LogP contribution >= 0.6 is 0 Å². The first kappa shape index (κ1) is 46.7. The Bertz CT molecular complexity index is 1310. The molecule has 1 amide bonds. The highest BCUT2D eigenvalue weighted by molar-refractivity contribution is 6.14. The first-order valence-electron chi connectivity index (χ1n) is 12.2. The number of halogens is 15. The summed E-state index contributed by atoms with van der Waals surface area (Å²) in [6, 6.07) is 12.3. The van der Waals surface area contributed by atoms with E-state index < -0.39 is 0 Å². The molecule has 5 rings (SSSR count). The van der Waals surface area contributed by atoms with Crippen LogP contribution in [0.1, 0.15) is 41.8 Å². The van der Waals surface area contributed by atoms with Gasteiger partial charge in [0.15, 0.2) is 0 Å². The van der Waals surface area contributed by atoms with Crippen LogP contribution in [0, 0.1) is 19.7 Å². The molecule has 2 aromatic carbocycles. The number of guanidine groups is 1. The maximum absolute atomic E-state index is 13.5.